The second-order valence-corrected chi connectivity index (χ2v) is 6.48. The van der Waals surface area contributed by atoms with Gasteiger partial charge in [-0.15, -0.1) is 0 Å². The number of imidazole rings is 1. The van der Waals surface area contributed by atoms with Gasteiger partial charge in [-0.1, -0.05) is 13.3 Å². The van der Waals surface area contributed by atoms with Crippen molar-refractivity contribution < 1.29 is 4.74 Å². The molecular weight excluding hydrogens is 336 g/mol. The van der Waals surface area contributed by atoms with Crippen molar-refractivity contribution >= 4 is 22.8 Å². The van der Waals surface area contributed by atoms with Crippen LogP contribution in [0.15, 0.2) is 14.7 Å². The number of hydrogen-bond donors (Lipinski definition) is 0. The highest BCUT2D eigenvalue weighted by molar-refractivity contribution is 5.87. The number of rotatable bonds is 7. The number of fused-ring (bicyclic) bond motifs is 3. The highest BCUT2D eigenvalue weighted by atomic mass is 16.5. The van der Waals surface area contributed by atoms with E-state index in [1.807, 2.05) is 25.3 Å². The Morgan fingerprint density at radius 2 is 1.96 bits per heavy atom. The van der Waals surface area contributed by atoms with E-state index in [-0.39, 0.29) is 11.2 Å². The number of hydrogen-bond acceptors (Lipinski definition) is 6. The molecule has 2 aromatic rings. The third-order valence-electron chi connectivity index (χ3n) is 4.51. The molecule has 0 atom stereocenters. The smallest absolute Gasteiger partial charge is 0.332 e. The second-order valence-electron chi connectivity index (χ2n) is 6.48. The molecule has 142 valence electrons. The summed E-state index contributed by atoms with van der Waals surface area (Å²) >= 11 is 0. The summed E-state index contributed by atoms with van der Waals surface area (Å²) in [6, 6.07) is 0. The highest BCUT2D eigenvalue weighted by Crippen LogP contribution is 2.23. The van der Waals surface area contributed by atoms with Gasteiger partial charge < -0.3 is 4.74 Å². The van der Waals surface area contributed by atoms with Crippen molar-refractivity contribution in [2.24, 2.45) is 12.1 Å². The van der Waals surface area contributed by atoms with E-state index in [2.05, 4.69) is 10.1 Å². The van der Waals surface area contributed by atoms with Crippen LogP contribution in [0, 0.1) is 0 Å². The van der Waals surface area contributed by atoms with E-state index >= 15 is 0 Å². The molecule has 9 nitrogen and oxygen atoms in total. The maximum absolute atomic E-state index is 13.0. The van der Waals surface area contributed by atoms with Gasteiger partial charge in [0.25, 0.3) is 5.56 Å². The Bertz CT molecular complexity index is 952. The van der Waals surface area contributed by atoms with E-state index in [0.29, 0.717) is 50.0 Å². The minimum absolute atomic E-state index is 0.283. The molecule has 9 heteroatoms. The monoisotopic (exact) mass is 362 g/mol. The van der Waals surface area contributed by atoms with Crippen LogP contribution in [0.4, 0.5) is 5.95 Å². The van der Waals surface area contributed by atoms with Gasteiger partial charge in [-0.25, -0.2) is 9.80 Å². The van der Waals surface area contributed by atoms with Crippen molar-refractivity contribution in [3.05, 3.63) is 20.8 Å². The van der Waals surface area contributed by atoms with Gasteiger partial charge in [0.05, 0.1) is 25.4 Å². The van der Waals surface area contributed by atoms with Crippen molar-refractivity contribution in [2.75, 3.05) is 24.8 Å². The lowest BCUT2D eigenvalue weighted by atomic mass is 10.3. The maximum Gasteiger partial charge on any atom is 0.332 e. The fourth-order valence-corrected chi connectivity index (χ4v) is 3.18. The van der Waals surface area contributed by atoms with Gasteiger partial charge in [0.2, 0.25) is 5.95 Å². The lowest BCUT2D eigenvalue weighted by Crippen LogP contribution is -2.40. The summed E-state index contributed by atoms with van der Waals surface area (Å²) in [5.74, 6) is 0.575. The zero-order valence-corrected chi connectivity index (χ0v) is 15.9. The minimum atomic E-state index is -0.329. The first-order valence-corrected chi connectivity index (χ1v) is 9.09. The molecule has 0 bridgehead atoms. The Morgan fingerprint density at radius 1 is 1.19 bits per heavy atom. The number of anilines is 1. The molecule has 0 N–H and O–H groups in total. The topological polar surface area (TPSA) is 86.7 Å². The van der Waals surface area contributed by atoms with Crippen LogP contribution in [0.25, 0.3) is 11.2 Å². The number of unbranched alkanes of at least 4 members (excludes halogenated alkanes) is 1. The van der Waals surface area contributed by atoms with Gasteiger partial charge in [0.15, 0.2) is 11.2 Å². The third kappa shape index (κ3) is 3.07. The molecule has 0 saturated carbocycles. The Balaban J connectivity index is 2.16. The quantitative estimate of drug-likeness (QED) is 0.684. The van der Waals surface area contributed by atoms with Gasteiger partial charge in [0, 0.05) is 20.2 Å². The largest absolute Gasteiger partial charge is 0.380 e. The van der Waals surface area contributed by atoms with Crippen molar-refractivity contribution in [3.8, 4) is 0 Å². The van der Waals surface area contributed by atoms with Gasteiger partial charge in [-0.2, -0.15) is 10.1 Å². The van der Waals surface area contributed by atoms with Crippen LogP contribution in [0.2, 0.25) is 0 Å². The summed E-state index contributed by atoms with van der Waals surface area (Å²) in [6.45, 7) is 8.46. The standard InChI is InChI=1S/C17H26N6O3/c1-5-7-8-21-15(24)13-14(20(4)17(21)25)18-16-22(13)11-12(3)19-23(16)9-10-26-6-2/h5-11H2,1-4H3. The molecule has 0 amide bonds. The highest BCUT2D eigenvalue weighted by Gasteiger charge is 2.26. The SMILES string of the molecule is CCCCn1c(=O)c2c(nc3n2CC(C)=NN3CCOCC)n(C)c1=O. The molecule has 3 heterocycles. The predicted octanol–water partition coefficient (Wildman–Crippen LogP) is 0.929. The van der Waals surface area contributed by atoms with Crippen molar-refractivity contribution in [1.82, 2.24) is 18.7 Å². The molecule has 0 spiro atoms. The molecule has 0 aromatic carbocycles. The van der Waals surface area contributed by atoms with Crippen LogP contribution in [-0.2, 0) is 24.9 Å². The van der Waals surface area contributed by atoms with Crippen LogP contribution in [0.3, 0.4) is 0 Å². The first-order chi connectivity index (χ1) is 12.5. The Morgan fingerprint density at radius 3 is 2.65 bits per heavy atom. The fraction of sp³-hybridized carbons (Fsp3) is 0.647. The van der Waals surface area contributed by atoms with Crippen LogP contribution < -0.4 is 16.3 Å². The van der Waals surface area contributed by atoms with Crippen molar-refractivity contribution in [1.29, 1.82) is 0 Å². The molecule has 26 heavy (non-hydrogen) atoms. The summed E-state index contributed by atoms with van der Waals surface area (Å²) in [5.41, 5.74) is 1.12. The predicted molar refractivity (Wildman–Crippen MR) is 101 cm³/mol. The van der Waals surface area contributed by atoms with E-state index < -0.39 is 0 Å². The van der Waals surface area contributed by atoms with E-state index in [1.54, 1.807) is 12.1 Å². The Labute approximate surface area is 151 Å². The number of aryl methyl sites for hydroxylation is 1. The lowest BCUT2D eigenvalue weighted by molar-refractivity contribution is 0.153. The van der Waals surface area contributed by atoms with E-state index in [0.717, 1.165) is 18.6 Å². The van der Waals surface area contributed by atoms with Crippen LogP contribution in [0.5, 0.6) is 0 Å². The van der Waals surface area contributed by atoms with Gasteiger partial charge >= 0.3 is 5.69 Å². The second kappa shape index (κ2) is 7.45. The lowest BCUT2D eigenvalue weighted by Gasteiger charge is -2.24. The summed E-state index contributed by atoms with van der Waals surface area (Å²) < 4.78 is 10.0. The van der Waals surface area contributed by atoms with Crippen LogP contribution in [-0.4, -0.2) is 44.2 Å². The maximum atomic E-state index is 13.0. The molecular formula is C17H26N6O3. The average Bonchev–Trinajstić information content (AvgIpc) is 2.99. The summed E-state index contributed by atoms with van der Waals surface area (Å²) in [4.78, 5) is 30.2. The zero-order valence-electron chi connectivity index (χ0n) is 15.9. The molecule has 0 unspecified atom stereocenters. The molecule has 0 fully saturated rings. The van der Waals surface area contributed by atoms with Crippen LogP contribution in [0.1, 0.15) is 33.6 Å². The summed E-state index contributed by atoms with van der Waals surface area (Å²) in [7, 11) is 1.66. The number of aromatic nitrogens is 4. The molecule has 0 saturated heterocycles. The van der Waals surface area contributed by atoms with E-state index in [1.165, 1.54) is 9.13 Å². The van der Waals surface area contributed by atoms with Gasteiger partial charge in [0.1, 0.15) is 0 Å². The van der Waals surface area contributed by atoms with Gasteiger partial charge in [-0.3, -0.25) is 18.5 Å². The number of hydrazone groups is 1. The minimum Gasteiger partial charge on any atom is -0.380 e. The fourth-order valence-electron chi connectivity index (χ4n) is 3.18. The normalized spacial score (nSPS) is 14.0. The molecule has 1 aliphatic rings. The zero-order chi connectivity index (χ0) is 18.8. The average molecular weight is 362 g/mol. The molecule has 3 rings (SSSR count). The molecule has 2 aromatic heterocycles. The van der Waals surface area contributed by atoms with Crippen molar-refractivity contribution in [3.63, 3.8) is 0 Å². The molecule has 0 radical (unpaired) electrons. The number of nitrogens with zero attached hydrogens (tertiary/aromatic N) is 6. The van der Waals surface area contributed by atoms with E-state index in [4.69, 9.17) is 4.74 Å². The molecule has 0 aliphatic carbocycles. The first-order valence-electron chi connectivity index (χ1n) is 9.09. The van der Waals surface area contributed by atoms with E-state index in [9.17, 15) is 9.59 Å². The van der Waals surface area contributed by atoms with Crippen LogP contribution >= 0.6 is 0 Å². The summed E-state index contributed by atoms with van der Waals surface area (Å²) in [6.07, 6.45) is 1.69. The Kier molecular flexibility index (Phi) is 5.26. The Hall–Kier alpha value is -2.42. The summed E-state index contributed by atoms with van der Waals surface area (Å²) in [5, 5.41) is 6.28. The van der Waals surface area contributed by atoms with Crippen molar-refractivity contribution in [2.45, 2.75) is 46.7 Å². The first kappa shape index (κ1) is 18.4. The number of ether oxygens (including phenoxy) is 1. The van der Waals surface area contributed by atoms with Gasteiger partial charge in [-0.05, 0) is 20.3 Å². The molecule has 1 aliphatic heterocycles. The third-order valence-corrected chi connectivity index (χ3v) is 4.51.